The number of phenols is 1. The normalized spacial score (nSPS) is 10.7. The zero-order valence-electron chi connectivity index (χ0n) is 12.2. The summed E-state index contributed by atoms with van der Waals surface area (Å²) in [6.45, 7) is 1.74. The molecule has 0 radical (unpaired) electrons. The van der Waals surface area contributed by atoms with E-state index in [1.807, 2.05) is 5.38 Å². The third-order valence-electron chi connectivity index (χ3n) is 3.40. The lowest BCUT2D eigenvalue weighted by Crippen LogP contribution is -2.24. The maximum absolute atomic E-state index is 11.7. The van der Waals surface area contributed by atoms with Crippen molar-refractivity contribution < 1.29 is 9.90 Å². The Balaban J connectivity index is 2.07. The summed E-state index contributed by atoms with van der Waals surface area (Å²) >= 11 is 1.43. The highest BCUT2D eigenvalue weighted by molar-refractivity contribution is 7.13. The van der Waals surface area contributed by atoms with Crippen LogP contribution in [-0.4, -0.2) is 21.0 Å². The number of aromatic nitrogens is 2. The number of aromatic amines is 1. The van der Waals surface area contributed by atoms with E-state index >= 15 is 0 Å². The molecular formula is C16H13N3O3S. The van der Waals surface area contributed by atoms with Crippen molar-refractivity contribution in [2.24, 2.45) is 5.73 Å². The lowest BCUT2D eigenvalue weighted by atomic mass is 10.1. The van der Waals surface area contributed by atoms with Crippen LogP contribution in [0.5, 0.6) is 5.75 Å². The van der Waals surface area contributed by atoms with Crippen molar-refractivity contribution in [1.29, 1.82) is 0 Å². The fourth-order valence-electron chi connectivity index (χ4n) is 2.21. The number of H-pyrrole nitrogens is 1. The van der Waals surface area contributed by atoms with Gasteiger partial charge in [0, 0.05) is 22.2 Å². The number of primary amides is 1. The summed E-state index contributed by atoms with van der Waals surface area (Å²) in [5.74, 6) is -0.588. The van der Waals surface area contributed by atoms with Crippen LogP contribution in [0.4, 0.5) is 0 Å². The van der Waals surface area contributed by atoms with Gasteiger partial charge in [-0.05, 0) is 37.3 Å². The zero-order valence-corrected chi connectivity index (χ0v) is 13.0. The first kappa shape index (κ1) is 15.0. The topological polar surface area (TPSA) is 109 Å². The van der Waals surface area contributed by atoms with Gasteiger partial charge in [0.05, 0.1) is 5.69 Å². The second-order valence-electron chi connectivity index (χ2n) is 5.00. The summed E-state index contributed by atoms with van der Waals surface area (Å²) in [5, 5.41) is 11.9. The number of amides is 1. The Morgan fingerprint density at radius 3 is 2.65 bits per heavy atom. The number of nitrogens with one attached hydrogen (secondary N) is 1. The van der Waals surface area contributed by atoms with Gasteiger partial charge >= 0.3 is 0 Å². The molecule has 7 heteroatoms. The monoisotopic (exact) mass is 327 g/mol. The molecule has 3 aromatic rings. The number of thiazole rings is 1. The molecule has 0 spiro atoms. The van der Waals surface area contributed by atoms with E-state index in [4.69, 9.17) is 5.73 Å². The van der Waals surface area contributed by atoms with Crippen molar-refractivity contribution in [3.63, 3.8) is 0 Å². The fourth-order valence-corrected chi connectivity index (χ4v) is 3.03. The summed E-state index contributed by atoms with van der Waals surface area (Å²) in [6.07, 6.45) is 0. The highest BCUT2D eigenvalue weighted by Gasteiger charge is 2.14. The molecule has 6 nitrogen and oxygen atoms in total. The average Bonchev–Trinajstić information content (AvgIpc) is 2.97. The molecule has 2 heterocycles. The third kappa shape index (κ3) is 2.86. The summed E-state index contributed by atoms with van der Waals surface area (Å²) in [4.78, 5) is 30.2. The van der Waals surface area contributed by atoms with Gasteiger partial charge in [0.1, 0.15) is 16.3 Å². The van der Waals surface area contributed by atoms with Crippen LogP contribution < -0.4 is 11.3 Å². The highest BCUT2D eigenvalue weighted by atomic mass is 32.1. The second-order valence-corrected chi connectivity index (χ2v) is 5.86. The largest absolute Gasteiger partial charge is 0.508 e. The van der Waals surface area contributed by atoms with Crippen molar-refractivity contribution >= 4 is 17.2 Å². The molecule has 4 N–H and O–H groups in total. The van der Waals surface area contributed by atoms with Crippen molar-refractivity contribution in [2.75, 3.05) is 0 Å². The molecule has 0 aliphatic rings. The molecule has 116 valence electrons. The van der Waals surface area contributed by atoms with Crippen molar-refractivity contribution in [3.05, 3.63) is 57.3 Å². The van der Waals surface area contributed by atoms with Crippen LogP contribution in [0.3, 0.4) is 0 Å². The molecule has 0 aliphatic heterocycles. The quantitative estimate of drug-likeness (QED) is 0.685. The minimum absolute atomic E-state index is 0.0928. The number of carbonyl (C=O) groups excluding carboxylic acids is 1. The first-order valence-corrected chi connectivity index (χ1v) is 7.62. The molecule has 0 saturated carbocycles. The number of hydrogen-bond donors (Lipinski definition) is 3. The van der Waals surface area contributed by atoms with Gasteiger partial charge in [0.2, 0.25) is 0 Å². The molecule has 0 fully saturated rings. The number of rotatable bonds is 3. The van der Waals surface area contributed by atoms with Crippen LogP contribution in [0.1, 0.15) is 16.1 Å². The number of phenolic OH excluding ortho intramolecular Hbond substituents is 1. The van der Waals surface area contributed by atoms with Crippen molar-refractivity contribution in [1.82, 2.24) is 9.97 Å². The predicted molar refractivity (Wildman–Crippen MR) is 88.5 cm³/mol. The van der Waals surface area contributed by atoms with Gasteiger partial charge < -0.3 is 15.8 Å². The van der Waals surface area contributed by atoms with Crippen LogP contribution in [0.25, 0.3) is 21.8 Å². The Hall–Kier alpha value is -2.93. The molecule has 1 amide bonds. The average molecular weight is 327 g/mol. The fraction of sp³-hybridized carbons (Fsp3) is 0.0625. The first-order chi connectivity index (χ1) is 11.0. The standard InChI is InChI=1S/C16H13N3O3S/c1-8-11(6-12(14(17)21)15(22)18-8)13-7-23-16(19-13)9-2-4-10(20)5-3-9/h2-7,20H,1H3,(H2,17,21)(H,18,22). The molecular weight excluding hydrogens is 314 g/mol. The number of benzene rings is 1. The molecule has 0 saturated heterocycles. The smallest absolute Gasteiger partial charge is 0.261 e. The van der Waals surface area contributed by atoms with Gasteiger partial charge in [-0.3, -0.25) is 9.59 Å². The van der Waals surface area contributed by atoms with Crippen LogP contribution in [-0.2, 0) is 0 Å². The van der Waals surface area contributed by atoms with Crippen LogP contribution in [0, 0.1) is 6.92 Å². The van der Waals surface area contributed by atoms with E-state index in [0.717, 1.165) is 10.6 Å². The van der Waals surface area contributed by atoms with E-state index < -0.39 is 11.5 Å². The van der Waals surface area contributed by atoms with E-state index in [0.29, 0.717) is 17.0 Å². The summed E-state index contributed by atoms with van der Waals surface area (Å²) in [6, 6.07) is 8.19. The minimum Gasteiger partial charge on any atom is -0.508 e. The van der Waals surface area contributed by atoms with Gasteiger partial charge in [-0.25, -0.2) is 4.98 Å². The summed E-state index contributed by atoms with van der Waals surface area (Å²) < 4.78 is 0. The number of pyridine rings is 1. The van der Waals surface area contributed by atoms with Gasteiger partial charge in [-0.1, -0.05) is 0 Å². The lowest BCUT2D eigenvalue weighted by molar-refractivity contribution is 0.0999. The molecule has 0 atom stereocenters. The van der Waals surface area contributed by atoms with E-state index in [1.165, 1.54) is 17.4 Å². The Kier molecular flexibility index (Phi) is 3.71. The molecule has 0 aliphatic carbocycles. The number of nitrogens with two attached hydrogens (primary N) is 1. The zero-order chi connectivity index (χ0) is 16.6. The van der Waals surface area contributed by atoms with Crippen molar-refractivity contribution in [3.8, 4) is 27.6 Å². The van der Waals surface area contributed by atoms with E-state index in [2.05, 4.69) is 9.97 Å². The van der Waals surface area contributed by atoms with Gasteiger partial charge in [-0.15, -0.1) is 11.3 Å². The molecule has 0 unspecified atom stereocenters. The van der Waals surface area contributed by atoms with Gasteiger partial charge in [0.15, 0.2) is 0 Å². The summed E-state index contributed by atoms with van der Waals surface area (Å²) in [7, 11) is 0. The Morgan fingerprint density at radius 1 is 1.30 bits per heavy atom. The minimum atomic E-state index is -0.776. The van der Waals surface area contributed by atoms with Crippen LogP contribution in [0.2, 0.25) is 0 Å². The maximum atomic E-state index is 11.7. The van der Waals surface area contributed by atoms with Gasteiger partial charge in [0.25, 0.3) is 11.5 Å². The van der Waals surface area contributed by atoms with Crippen LogP contribution in [0.15, 0.2) is 40.5 Å². The Labute approximate surface area is 135 Å². The van der Waals surface area contributed by atoms with Crippen LogP contribution >= 0.6 is 11.3 Å². The number of hydrogen-bond acceptors (Lipinski definition) is 5. The lowest BCUT2D eigenvalue weighted by Gasteiger charge is -2.04. The number of nitrogens with zero attached hydrogens (tertiary/aromatic N) is 1. The second kappa shape index (κ2) is 5.69. The Bertz CT molecular complexity index is 942. The third-order valence-corrected chi connectivity index (χ3v) is 4.29. The number of aromatic hydroxyl groups is 1. The molecule has 23 heavy (non-hydrogen) atoms. The van der Waals surface area contributed by atoms with E-state index in [-0.39, 0.29) is 11.3 Å². The van der Waals surface area contributed by atoms with Crippen molar-refractivity contribution in [2.45, 2.75) is 6.92 Å². The highest BCUT2D eigenvalue weighted by Crippen LogP contribution is 2.30. The number of aryl methyl sites for hydroxylation is 1. The molecule has 1 aromatic carbocycles. The maximum Gasteiger partial charge on any atom is 0.261 e. The van der Waals surface area contributed by atoms with E-state index in [9.17, 15) is 14.7 Å². The van der Waals surface area contributed by atoms with Gasteiger partial charge in [-0.2, -0.15) is 0 Å². The SMILES string of the molecule is Cc1[nH]c(=O)c(C(N)=O)cc1-c1csc(-c2ccc(O)cc2)n1. The first-order valence-electron chi connectivity index (χ1n) is 6.74. The van der Waals surface area contributed by atoms with E-state index in [1.54, 1.807) is 31.2 Å². The predicted octanol–water partition coefficient (Wildman–Crippen LogP) is 2.28. The Morgan fingerprint density at radius 2 is 2.00 bits per heavy atom. The molecule has 2 aromatic heterocycles. The number of carbonyl (C=O) groups is 1. The molecule has 0 bridgehead atoms. The molecule has 3 rings (SSSR count). The summed E-state index contributed by atoms with van der Waals surface area (Å²) in [5.41, 5.74) is 7.41.